The van der Waals surface area contributed by atoms with Crippen molar-refractivity contribution in [1.82, 2.24) is 10.2 Å². The standard InChI is InChI=1S/C22H23N3O3/c1-13-7-4-5-8-15(13)12-28-21-16(9-6-10-18(21)27-3)17-11-19(26)23-22-20(17)14(2)24-25-22/h4-10,17H,11-12H2,1-3H3,(H2,23,24,25,26)/t17-/m0/s1. The minimum absolute atomic E-state index is 0.0586. The number of fused-ring (bicyclic) bond motifs is 1. The Kier molecular flexibility index (Phi) is 4.77. The predicted octanol–water partition coefficient (Wildman–Crippen LogP) is 4.09. The summed E-state index contributed by atoms with van der Waals surface area (Å²) >= 11 is 0. The van der Waals surface area contributed by atoms with Crippen LogP contribution in [0.5, 0.6) is 11.5 Å². The van der Waals surface area contributed by atoms with Crippen LogP contribution < -0.4 is 14.8 Å². The third kappa shape index (κ3) is 3.22. The number of hydrogen-bond acceptors (Lipinski definition) is 4. The van der Waals surface area contributed by atoms with E-state index < -0.39 is 0 Å². The molecule has 144 valence electrons. The fourth-order valence-corrected chi connectivity index (χ4v) is 3.74. The van der Waals surface area contributed by atoms with Crippen LogP contribution in [0, 0.1) is 13.8 Å². The molecule has 1 atom stereocenters. The van der Waals surface area contributed by atoms with Gasteiger partial charge in [-0.15, -0.1) is 0 Å². The smallest absolute Gasteiger partial charge is 0.226 e. The molecule has 6 heteroatoms. The molecule has 0 radical (unpaired) electrons. The van der Waals surface area contributed by atoms with Gasteiger partial charge in [0.2, 0.25) is 5.91 Å². The summed E-state index contributed by atoms with van der Waals surface area (Å²) in [4.78, 5) is 12.3. The molecule has 1 aliphatic heterocycles. The maximum absolute atomic E-state index is 12.3. The molecule has 0 spiro atoms. The minimum atomic E-state index is -0.149. The number of nitrogens with one attached hydrogen (secondary N) is 2. The lowest BCUT2D eigenvalue weighted by Gasteiger charge is -2.26. The zero-order chi connectivity index (χ0) is 19.7. The van der Waals surface area contributed by atoms with Crippen LogP contribution in [-0.2, 0) is 11.4 Å². The zero-order valence-corrected chi connectivity index (χ0v) is 16.2. The van der Waals surface area contributed by atoms with E-state index in [2.05, 4.69) is 34.6 Å². The van der Waals surface area contributed by atoms with Gasteiger partial charge in [0.25, 0.3) is 0 Å². The Morgan fingerprint density at radius 2 is 1.96 bits per heavy atom. The van der Waals surface area contributed by atoms with Crippen LogP contribution in [0.2, 0.25) is 0 Å². The first kappa shape index (κ1) is 18.1. The highest BCUT2D eigenvalue weighted by Crippen LogP contribution is 2.44. The Morgan fingerprint density at radius 3 is 2.75 bits per heavy atom. The monoisotopic (exact) mass is 377 g/mol. The number of hydrogen-bond donors (Lipinski definition) is 2. The van der Waals surface area contributed by atoms with E-state index in [1.54, 1.807) is 7.11 Å². The van der Waals surface area contributed by atoms with E-state index in [0.29, 0.717) is 30.3 Å². The van der Waals surface area contributed by atoms with Crippen molar-refractivity contribution in [3.05, 3.63) is 70.4 Å². The molecule has 0 bridgehead atoms. The van der Waals surface area contributed by atoms with Crippen molar-refractivity contribution in [3.8, 4) is 11.5 Å². The molecule has 1 amide bonds. The van der Waals surface area contributed by atoms with Gasteiger partial charge in [0.1, 0.15) is 6.61 Å². The fourth-order valence-electron chi connectivity index (χ4n) is 3.74. The molecular formula is C22H23N3O3. The number of methoxy groups -OCH3 is 1. The van der Waals surface area contributed by atoms with Crippen molar-refractivity contribution < 1.29 is 14.3 Å². The van der Waals surface area contributed by atoms with Crippen LogP contribution in [0.25, 0.3) is 0 Å². The number of carbonyl (C=O) groups is 1. The molecule has 0 unspecified atom stereocenters. The molecule has 3 aromatic rings. The van der Waals surface area contributed by atoms with Crippen LogP contribution in [0.1, 0.15) is 40.3 Å². The minimum Gasteiger partial charge on any atom is -0.493 e. The number of carbonyl (C=O) groups excluding carboxylic acids is 1. The zero-order valence-electron chi connectivity index (χ0n) is 16.2. The van der Waals surface area contributed by atoms with Gasteiger partial charge < -0.3 is 14.8 Å². The second-order valence-electron chi connectivity index (χ2n) is 7.01. The predicted molar refractivity (Wildman–Crippen MR) is 107 cm³/mol. The van der Waals surface area contributed by atoms with Crippen molar-refractivity contribution >= 4 is 11.7 Å². The first-order valence-electron chi connectivity index (χ1n) is 9.27. The maximum Gasteiger partial charge on any atom is 0.226 e. The number of benzene rings is 2. The molecule has 1 aromatic heterocycles. The summed E-state index contributed by atoms with van der Waals surface area (Å²) in [5.74, 6) is 1.70. The normalized spacial score (nSPS) is 15.7. The number of para-hydroxylation sites is 1. The fraction of sp³-hybridized carbons (Fsp3) is 0.273. The van der Waals surface area contributed by atoms with Crippen molar-refractivity contribution in [3.63, 3.8) is 0 Å². The average Bonchev–Trinajstić information content (AvgIpc) is 3.07. The highest BCUT2D eigenvalue weighted by atomic mass is 16.5. The first-order valence-corrected chi connectivity index (χ1v) is 9.27. The second-order valence-corrected chi connectivity index (χ2v) is 7.01. The molecule has 0 saturated heterocycles. The lowest BCUT2D eigenvalue weighted by Crippen LogP contribution is -2.24. The van der Waals surface area contributed by atoms with Gasteiger partial charge in [-0.25, -0.2) is 0 Å². The van der Waals surface area contributed by atoms with Gasteiger partial charge in [-0.3, -0.25) is 9.89 Å². The number of H-pyrrole nitrogens is 1. The van der Waals surface area contributed by atoms with Crippen LogP contribution in [0.4, 0.5) is 5.82 Å². The summed E-state index contributed by atoms with van der Waals surface area (Å²) in [6.07, 6.45) is 0.335. The number of amides is 1. The van der Waals surface area contributed by atoms with E-state index in [0.717, 1.165) is 22.4 Å². The molecule has 0 saturated carbocycles. The van der Waals surface area contributed by atoms with Crippen LogP contribution in [0.3, 0.4) is 0 Å². The largest absolute Gasteiger partial charge is 0.493 e. The molecule has 4 rings (SSSR count). The third-order valence-electron chi connectivity index (χ3n) is 5.23. The van der Waals surface area contributed by atoms with E-state index >= 15 is 0 Å². The van der Waals surface area contributed by atoms with E-state index in [9.17, 15) is 4.79 Å². The van der Waals surface area contributed by atoms with E-state index in [4.69, 9.17) is 9.47 Å². The number of nitrogens with zero attached hydrogens (tertiary/aromatic N) is 1. The topological polar surface area (TPSA) is 76.2 Å². The van der Waals surface area contributed by atoms with Crippen molar-refractivity contribution in [2.24, 2.45) is 0 Å². The van der Waals surface area contributed by atoms with E-state index in [-0.39, 0.29) is 11.8 Å². The number of aromatic amines is 1. The van der Waals surface area contributed by atoms with Gasteiger partial charge in [-0.05, 0) is 31.0 Å². The van der Waals surface area contributed by atoms with Crippen molar-refractivity contribution in [2.75, 3.05) is 12.4 Å². The van der Waals surface area contributed by atoms with Crippen LogP contribution in [0.15, 0.2) is 42.5 Å². The highest BCUT2D eigenvalue weighted by molar-refractivity contribution is 5.94. The quantitative estimate of drug-likeness (QED) is 0.702. The maximum atomic E-state index is 12.3. The molecular weight excluding hydrogens is 354 g/mol. The first-order chi connectivity index (χ1) is 13.6. The van der Waals surface area contributed by atoms with Crippen LogP contribution >= 0.6 is 0 Å². The Morgan fingerprint density at radius 1 is 1.14 bits per heavy atom. The number of aryl methyl sites for hydroxylation is 2. The summed E-state index contributed by atoms with van der Waals surface area (Å²) in [6, 6.07) is 13.9. The van der Waals surface area contributed by atoms with Gasteiger partial charge >= 0.3 is 0 Å². The van der Waals surface area contributed by atoms with Gasteiger partial charge in [-0.2, -0.15) is 5.10 Å². The number of ether oxygens (including phenoxy) is 2. The molecule has 1 aliphatic rings. The van der Waals surface area contributed by atoms with Gasteiger partial charge in [0.15, 0.2) is 17.3 Å². The molecule has 0 aliphatic carbocycles. The summed E-state index contributed by atoms with van der Waals surface area (Å²) in [7, 11) is 1.63. The molecule has 2 aromatic carbocycles. The molecule has 2 N–H and O–H groups in total. The summed E-state index contributed by atoms with van der Waals surface area (Å²) in [5, 5.41) is 10.0. The van der Waals surface area contributed by atoms with Crippen molar-refractivity contribution in [1.29, 1.82) is 0 Å². The lowest BCUT2D eigenvalue weighted by molar-refractivity contribution is -0.116. The average molecular weight is 377 g/mol. The molecule has 0 fully saturated rings. The third-order valence-corrected chi connectivity index (χ3v) is 5.23. The van der Waals surface area contributed by atoms with Crippen molar-refractivity contribution in [2.45, 2.75) is 32.8 Å². The summed E-state index contributed by atoms with van der Waals surface area (Å²) in [6.45, 7) is 4.45. The number of anilines is 1. The highest BCUT2D eigenvalue weighted by Gasteiger charge is 2.33. The summed E-state index contributed by atoms with van der Waals surface area (Å²) < 4.78 is 11.8. The Labute approximate surface area is 163 Å². The van der Waals surface area contributed by atoms with Crippen LogP contribution in [-0.4, -0.2) is 23.2 Å². The second kappa shape index (κ2) is 7.38. The Balaban J connectivity index is 1.75. The van der Waals surface area contributed by atoms with Gasteiger partial charge in [0.05, 0.1) is 7.11 Å². The lowest BCUT2D eigenvalue weighted by atomic mass is 9.85. The van der Waals surface area contributed by atoms with E-state index in [1.165, 1.54) is 5.56 Å². The molecule has 2 heterocycles. The van der Waals surface area contributed by atoms with E-state index in [1.807, 2.05) is 37.3 Å². The summed E-state index contributed by atoms with van der Waals surface area (Å²) in [5.41, 5.74) is 5.14. The Bertz CT molecular complexity index is 1030. The number of aromatic nitrogens is 2. The number of rotatable bonds is 5. The molecule has 28 heavy (non-hydrogen) atoms. The van der Waals surface area contributed by atoms with Gasteiger partial charge in [0, 0.05) is 29.2 Å². The van der Waals surface area contributed by atoms with Gasteiger partial charge in [-0.1, -0.05) is 36.4 Å². The Hall–Kier alpha value is -3.28. The SMILES string of the molecule is COc1cccc([C@@H]2CC(=O)Nc3n[nH]c(C)c32)c1OCc1ccccc1C. The molecule has 6 nitrogen and oxygen atoms in total.